The molecule has 160 valence electrons. The molecule has 9 nitrogen and oxygen atoms in total. The van der Waals surface area contributed by atoms with Gasteiger partial charge in [-0.2, -0.15) is 0 Å². The van der Waals surface area contributed by atoms with Gasteiger partial charge in [0.1, 0.15) is 0 Å². The predicted molar refractivity (Wildman–Crippen MR) is 116 cm³/mol. The third-order valence-corrected chi connectivity index (χ3v) is 6.82. The van der Waals surface area contributed by atoms with Crippen molar-refractivity contribution >= 4 is 21.6 Å². The van der Waals surface area contributed by atoms with Crippen molar-refractivity contribution in [3.05, 3.63) is 72.1 Å². The number of pyridine rings is 1. The molecular formula is C21H22N6O3S. The maximum absolute atomic E-state index is 12.7. The minimum absolute atomic E-state index is 0.207. The number of rotatable bonds is 6. The van der Waals surface area contributed by atoms with Crippen LogP contribution >= 0.6 is 0 Å². The zero-order chi connectivity index (χ0) is 22.2. The molecule has 0 unspecified atom stereocenters. The molecule has 0 aliphatic carbocycles. The van der Waals surface area contributed by atoms with Crippen LogP contribution in [0, 0.1) is 0 Å². The first-order valence-corrected chi connectivity index (χ1v) is 11.0. The van der Waals surface area contributed by atoms with E-state index in [4.69, 9.17) is 0 Å². The maximum atomic E-state index is 12.7. The van der Waals surface area contributed by atoms with Crippen LogP contribution in [0.15, 0.2) is 65.8 Å². The Balaban J connectivity index is 1.51. The van der Waals surface area contributed by atoms with Crippen LogP contribution in [0.2, 0.25) is 0 Å². The van der Waals surface area contributed by atoms with Gasteiger partial charge in [-0.15, -0.1) is 10.2 Å². The van der Waals surface area contributed by atoms with Crippen molar-refractivity contribution in [3.8, 4) is 11.5 Å². The number of benzene rings is 1. The van der Waals surface area contributed by atoms with Crippen LogP contribution in [0.3, 0.4) is 0 Å². The highest BCUT2D eigenvalue weighted by atomic mass is 32.2. The second-order valence-electron chi connectivity index (χ2n) is 7.29. The summed E-state index contributed by atoms with van der Waals surface area (Å²) in [6.07, 6.45) is 3.63. The smallest absolute Gasteiger partial charge is 0.253 e. The summed E-state index contributed by atoms with van der Waals surface area (Å²) in [6.45, 7) is 0.270. The van der Waals surface area contributed by atoms with Gasteiger partial charge in [-0.25, -0.2) is 12.7 Å². The third-order valence-electron chi connectivity index (χ3n) is 4.99. The Kier molecular flexibility index (Phi) is 5.34. The Morgan fingerprint density at radius 3 is 2.45 bits per heavy atom. The van der Waals surface area contributed by atoms with E-state index in [9.17, 15) is 13.2 Å². The molecule has 0 radical (unpaired) electrons. The summed E-state index contributed by atoms with van der Waals surface area (Å²) in [5.41, 5.74) is 2.79. The van der Waals surface area contributed by atoms with Gasteiger partial charge in [-0.3, -0.25) is 9.20 Å². The van der Waals surface area contributed by atoms with Crippen molar-refractivity contribution in [1.82, 2.24) is 28.8 Å². The van der Waals surface area contributed by atoms with Gasteiger partial charge in [-0.1, -0.05) is 12.1 Å². The van der Waals surface area contributed by atoms with Crippen molar-refractivity contribution in [2.75, 3.05) is 14.1 Å². The number of aromatic nitrogens is 4. The van der Waals surface area contributed by atoms with Gasteiger partial charge in [0.25, 0.3) is 5.91 Å². The van der Waals surface area contributed by atoms with Gasteiger partial charge in [0.15, 0.2) is 11.5 Å². The zero-order valence-corrected chi connectivity index (χ0v) is 18.2. The number of sulfonamides is 1. The molecule has 0 spiro atoms. The van der Waals surface area contributed by atoms with Gasteiger partial charge in [-0.05, 0) is 42.0 Å². The molecule has 4 rings (SSSR count). The number of carbonyl (C=O) groups is 1. The van der Waals surface area contributed by atoms with Crippen LogP contribution in [-0.4, -0.2) is 51.9 Å². The van der Waals surface area contributed by atoms with Crippen LogP contribution in [0.1, 0.15) is 15.9 Å². The van der Waals surface area contributed by atoms with Gasteiger partial charge < -0.3 is 9.88 Å². The maximum Gasteiger partial charge on any atom is 0.253 e. The van der Waals surface area contributed by atoms with Crippen molar-refractivity contribution in [3.63, 3.8) is 0 Å². The van der Waals surface area contributed by atoms with E-state index in [0.29, 0.717) is 17.0 Å². The zero-order valence-electron chi connectivity index (χ0n) is 17.3. The molecule has 0 fully saturated rings. The summed E-state index contributed by atoms with van der Waals surface area (Å²) in [4.78, 5) is 12.9. The number of hydrogen-bond donors (Lipinski definition) is 1. The molecule has 0 aliphatic heterocycles. The lowest BCUT2D eigenvalue weighted by molar-refractivity contribution is 0.0950. The molecule has 31 heavy (non-hydrogen) atoms. The number of amides is 1. The molecule has 4 aromatic rings. The van der Waals surface area contributed by atoms with Gasteiger partial charge >= 0.3 is 0 Å². The van der Waals surface area contributed by atoms with Crippen LogP contribution in [0.4, 0.5) is 0 Å². The molecule has 0 atom stereocenters. The van der Waals surface area contributed by atoms with Crippen LogP contribution in [-0.2, 0) is 23.6 Å². The van der Waals surface area contributed by atoms with Gasteiger partial charge in [0, 0.05) is 40.1 Å². The molecule has 0 saturated heterocycles. The lowest BCUT2D eigenvalue weighted by Gasteiger charge is -2.12. The second kappa shape index (κ2) is 7.97. The summed E-state index contributed by atoms with van der Waals surface area (Å²) in [5, 5.41) is 11.3. The minimum atomic E-state index is -3.48. The normalized spacial score (nSPS) is 11.9. The van der Waals surface area contributed by atoms with E-state index in [0.717, 1.165) is 15.6 Å². The third kappa shape index (κ3) is 3.94. The van der Waals surface area contributed by atoms with Crippen molar-refractivity contribution in [1.29, 1.82) is 0 Å². The standard InChI is InChI=1S/C21H22N6O3S/c1-25(2)31(29,30)17-9-6-15(7-10-17)13-22-21(28)16-8-11-19-23-24-20(27(19)14-16)18-5-4-12-26(18)3/h4-12,14H,13H2,1-3H3,(H,22,28). The number of fused-ring (bicyclic) bond motifs is 1. The first-order chi connectivity index (χ1) is 14.8. The molecule has 0 bridgehead atoms. The van der Waals surface area contributed by atoms with Gasteiger partial charge in [0.2, 0.25) is 10.0 Å². The van der Waals surface area contributed by atoms with Crippen LogP contribution in [0.25, 0.3) is 17.2 Å². The number of carbonyl (C=O) groups excluding carboxylic acids is 1. The Bertz CT molecular complexity index is 1350. The topological polar surface area (TPSA) is 102 Å². The number of nitrogens with one attached hydrogen (secondary N) is 1. The molecular weight excluding hydrogens is 416 g/mol. The second-order valence-corrected chi connectivity index (χ2v) is 9.44. The first-order valence-electron chi connectivity index (χ1n) is 9.53. The molecule has 1 amide bonds. The van der Waals surface area contributed by atoms with E-state index >= 15 is 0 Å². The van der Waals surface area contributed by atoms with Crippen LogP contribution < -0.4 is 5.32 Å². The number of aryl methyl sites for hydroxylation is 1. The molecule has 1 aromatic carbocycles. The molecule has 0 saturated carbocycles. The summed E-state index contributed by atoms with van der Waals surface area (Å²) in [7, 11) is 1.41. The summed E-state index contributed by atoms with van der Waals surface area (Å²) in [6, 6.07) is 13.7. The number of hydrogen-bond acceptors (Lipinski definition) is 5. The lowest BCUT2D eigenvalue weighted by atomic mass is 10.2. The van der Waals surface area contributed by atoms with E-state index in [1.807, 2.05) is 29.9 Å². The average Bonchev–Trinajstić information content (AvgIpc) is 3.37. The fourth-order valence-electron chi connectivity index (χ4n) is 3.17. The Hall–Kier alpha value is -3.50. The average molecular weight is 439 g/mol. The van der Waals surface area contributed by atoms with Crippen LogP contribution in [0.5, 0.6) is 0 Å². The van der Waals surface area contributed by atoms with E-state index in [-0.39, 0.29) is 17.3 Å². The van der Waals surface area contributed by atoms with Gasteiger partial charge in [0.05, 0.1) is 16.2 Å². The SMILES string of the molecule is CN(C)S(=O)(=O)c1ccc(CNC(=O)c2ccc3nnc(-c4cccn4C)n3c2)cc1. The summed E-state index contributed by atoms with van der Waals surface area (Å²) in [5.74, 6) is 0.397. The fraction of sp³-hybridized carbons (Fsp3) is 0.190. The number of nitrogens with zero attached hydrogens (tertiary/aromatic N) is 5. The highest BCUT2D eigenvalue weighted by Gasteiger charge is 2.17. The molecule has 1 N–H and O–H groups in total. The highest BCUT2D eigenvalue weighted by molar-refractivity contribution is 7.89. The molecule has 3 aromatic heterocycles. The summed E-state index contributed by atoms with van der Waals surface area (Å²) >= 11 is 0. The fourth-order valence-corrected chi connectivity index (χ4v) is 4.07. The Morgan fingerprint density at radius 1 is 1.06 bits per heavy atom. The van der Waals surface area contributed by atoms with Crippen molar-refractivity contribution in [2.45, 2.75) is 11.4 Å². The van der Waals surface area contributed by atoms with Crippen molar-refractivity contribution < 1.29 is 13.2 Å². The van der Waals surface area contributed by atoms with E-state index < -0.39 is 10.0 Å². The van der Waals surface area contributed by atoms with Crippen molar-refractivity contribution in [2.24, 2.45) is 7.05 Å². The monoisotopic (exact) mass is 438 g/mol. The summed E-state index contributed by atoms with van der Waals surface area (Å²) < 4.78 is 29.2. The highest BCUT2D eigenvalue weighted by Crippen LogP contribution is 2.19. The largest absolute Gasteiger partial charge is 0.348 e. The van der Waals surface area contributed by atoms with E-state index in [1.165, 1.54) is 26.2 Å². The Labute approximate surface area is 180 Å². The predicted octanol–water partition coefficient (Wildman–Crippen LogP) is 1.92. The molecule has 3 heterocycles. The Morgan fingerprint density at radius 2 is 1.81 bits per heavy atom. The van der Waals surface area contributed by atoms with E-state index in [1.54, 1.807) is 34.9 Å². The minimum Gasteiger partial charge on any atom is -0.348 e. The lowest BCUT2D eigenvalue weighted by Crippen LogP contribution is -2.24. The quantitative estimate of drug-likeness (QED) is 0.496. The molecule has 10 heteroatoms. The first kappa shape index (κ1) is 20.8. The molecule has 0 aliphatic rings. The van der Waals surface area contributed by atoms with E-state index in [2.05, 4.69) is 15.5 Å².